The van der Waals surface area contributed by atoms with E-state index in [0.717, 1.165) is 25.7 Å². The summed E-state index contributed by atoms with van der Waals surface area (Å²) in [7, 11) is 0. The van der Waals surface area contributed by atoms with E-state index in [9.17, 15) is 4.79 Å². The van der Waals surface area contributed by atoms with Gasteiger partial charge in [-0.05, 0) is 42.7 Å². The molecule has 0 heterocycles. The molecule has 3 N–H and O–H groups in total. The predicted octanol–water partition coefficient (Wildman–Crippen LogP) is 2.70. The maximum atomic E-state index is 12.4. The van der Waals surface area contributed by atoms with Crippen LogP contribution in [0.15, 0.2) is 24.3 Å². The Morgan fingerprint density at radius 1 is 1.15 bits per heavy atom. The number of hydrogen-bond donors (Lipinski definition) is 2. The van der Waals surface area contributed by atoms with Crippen molar-refractivity contribution < 1.29 is 4.79 Å². The van der Waals surface area contributed by atoms with Crippen LogP contribution in [0.1, 0.15) is 55.7 Å². The van der Waals surface area contributed by atoms with Crippen LogP contribution in [0.25, 0.3) is 0 Å². The van der Waals surface area contributed by atoms with E-state index in [1.807, 2.05) is 6.07 Å². The number of carbonyl (C=O) groups excluding carboxylic acids is 1. The van der Waals surface area contributed by atoms with E-state index in [-0.39, 0.29) is 18.0 Å². The summed E-state index contributed by atoms with van der Waals surface area (Å²) in [6, 6.07) is 8.22. The van der Waals surface area contributed by atoms with Crippen molar-refractivity contribution in [3.8, 4) is 0 Å². The summed E-state index contributed by atoms with van der Waals surface area (Å²) in [6.45, 7) is 0. The highest BCUT2D eigenvalue weighted by atomic mass is 16.2. The van der Waals surface area contributed by atoms with Crippen LogP contribution in [0.3, 0.4) is 0 Å². The third kappa shape index (κ3) is 2.73. The third-order valence-electron chi connectivity index (χ3n) is 4.91. The van der Waals surface area contributed by atoms with Crippen LogP contribution in [0, 0.1) is 5.92 Å². The van der Waals surface area contributed by atoms with Crippen LogP contribution < -0.4 is 11.1 Å². The molecule has 1 aromatic carbocycles. The van der Waals surface area contributed by atoms with Gasteiger partial charge in [0.15, 0.2) is 0 Å². The molecule has 2 aliphatic carbocycles. The number of carbonyl (C=O) groups is 1. The molecule has 1 aromatic rings. The van der Waals surface area contributed by atoms with Gasteiger partial charge in [-0.15, -0.1) is 0 Å². The van der Waals surface area contributed by atoms with Gasteiger partial charge in [0.1, 0.15) is 0 Å². The molecular weight excluding hydrogens is 248 g/mol. The fourth-order valence-corrected chi connectivity index (χ4v) is 3.68. The van der Waals surface area contributed by atoms with E-state index >= 15 is 0 Å². The molecule has 20 heavy (non-hydrogen) atoms. The van der Waals surface area contributed by atoms with Crippen molar-refractivity contribution in [2.24, 2.45) is 11.7 Å². The molecule has 0 saturated heterocycles. The number of nitrogens with one attached hydrogen (secondary N) is 1. The van der Waals surface area contributed by atoms with Crippen molar-refractivity contribution >= 4 is 5.91 Å². The second-order valence-corrected chi connectivity index (χ2v) is 6.22. The Balaban J connectivity index is 1.62. The second kappa shape index (κ2) is 5.96. The largest absolute Gasteiger partial charge is 0.348 e. The number of aryl methyl sites for hydroxylation is 1. The van der Waals surface area contributed by atoms with E-state index in [2.05, 4.69) is 23.5 Å². The topological polar surface area (TPSA) is 55.1 Å². The maximum Gasteiger partial charge on any atom is 0.237 e. The Kier molecular flexibility index (Phi) is 4.06. The van der Waals surface area contributed by atoms with E-state index in [0.29, 0.717) is 5.92 Å². The molecule has 0 aliphatic heterocycles. The molecule has 1 fully saturated rings. The summed E-state index contributed by atoms with van der Waals surface area (Å²) < 4.78 is 0. The van der Waals surface area contributed by atoms with Crippen molar-refractivity contribution in [1.82, 2.24) is 5.32 Å². The van der Waals surface area contributed by atoms with Gasteiger partial charge in [-0.2, -0.15) is 0 Å². The van der Waals surface area contributed by atoms with E-state index in [1.165, 1.54) is 30.4 Å². The minimum atomic E-state index is -0.330. The highest BCUT2D eigenvalue weighted by Gasteiger charge is 2.29. The van der Waals surface area contributed by atoms with Crippen LogP contribution in [-0.2, 0) is 11.2 Å². The van der Waals surface area contributed by atoms with Crippen LogP contribution in [0.2, 0.25) is 0 Å². The first-order valence-electron chi connectivity index (χ1n) is 7.89. The zero-order valence-corrected chi connectivity index (χ0v) is 12.0. The summed E-state index contributed by atoms with van der Waals surface area (Å²) in [4.78, 5) is 12.4. The van der Waals surface area contributed by atoms with Crippen LogP contribution in [0.4, 0.5) is 0 Å². The summed E-state index contributed by atoms with van der Waals surface area (Å²) >= 11 is 0. The molecule has 2 aliphatic rings. The first kappa shape index (κ1) is 13.6. The summed E-state index contributed by atoms with van der Waals surface area (Å²) in [5.41, 5.74) is 8.82. The van der Waals surface area contributed by atoms with Crippen molar-refractivity contribution in [3.63, 3.8) is 0 Å². The number of benzene rings is 1. The highest BCUT2D eigenvalue weighted by molar-refractivity contribution is 5.82. The molecular formula is C17H24N2O. The Morgan fingerprint density at radius 3 is 2.70 bits per heavy atom. The van der Waals surface area contributed by atoms with Crippen molar-refractivity contribution in [2.75, 3.05) is 0 Å². The molecule has 0 bridgehead atoms. The van der Waals surface area contributed by atoms with Crippen LogP contribution in [-0.4, -0.2) is 11.9 Å². The predicted molar refractivity (Wildman–Crippen MR) is 80.2 cm³/mol. The van der Waals surface area contributed by atoms with Gasteiger partial charge in [0.25, 0.3) is 0 Å². The second-order valence-electron chi connectivity index (χ2n) is 6.22. The quantitative estimate of drug-likeness (QED) is 0.889. The monoisotopic (exact) mass is 272 g/mol. The Morgan fingerprint density at radius 2 is 1.90 bits per heavy atom. The molecule has 0 unspecified atom stereocenters. The molecule has 3 nitrogen and oxygen atoms in total. The Hall–Kier alpha value is -1.35. The Bertz CT molecular complexity index is 480. The number of nitrogens with two attached hydrogens (primary N) is 1. The normalized spacial score (nSPS) is 24.1. The number of rotatable bonds is 3. The van der Waals surface area contributed by atoms with E-state index in [4.69, 9.17) is 5.73 Å². The lowest BCUT2D eigenvalue weighted by atomic mass is 9.84. The van der Waals surface area contributed by atoms with Crippen molar-refractivity contribution in [1.29, 1.82) is 0 Å². The van der Waals surface area contributed by atoms with Crippen LogP contribution >= 0.6 is 0 Å². The van der Waals surface area contributed by atoms with Gasteiger partial charge in [0.05, 0.1) is 12.1 Å². The lowest BCUT2D eigenvalue weighted by molar-refractivity contribution is -0.124. The molecule has 0 radical (unpaired) electrons. The molecule has 0 spiro atoms. The number of amides is 1. The van der Waals surface area contributed by atoms with E-state index in [1.54, 1.807) is 0 Å². The number of fused-ring (bicyclic) bond motifs is 1. The fourth-order valence-electron chi connectivity index (χ4n) is 3.68. The minimum Gasteiger partial charge on any atom is -0.348 e. The van der Waals surface area contributed by atoms with Gasteiger partial charge in [-0.3, -0.25) is 4.79 Å². The molecule has 108 valence electrons. The highest BCUT2D eigenvalue weighted by Crippen LogP contribution is 2.31. The summed E-state index contributed by atoms with van der Waals surface area (Å²) in [5, 5.41) is 3.17. The van der Waals surface area contributed by atoms with Gasteiger partial charge in [0, 0.05) is 0 Å². The van der Waals surface area contributed by atoms with Gasteiger partial charge in [-0.1, -0.05) is 43.5 Å². The fraction of sp³-hybridized carbons (Fsp3) is 0.588. The summed E-state index contributed by atoms with van der Waals surface area (Å²) in [5.74, 6) is 0.416. The first-order chi connectivity index (χ1) is 9.75. The average molecular weight is 272 g/mol. The van der Waals surface area contributed by atoms with Gasteiger partial charge in [-0.25, -0.2) is 0 Å². The molecule has 3 heteroatoms. The van der Waals surface area contributed by atoms with Gasteiger partial charge in [0.2, 0.25) is 5.91 Å². The molecule has 1 amide bonds. The molecule has 3 rings (SSSR count). The zero-order valence-electron chi connectivity index (χ0n) is 12.0. The summed E-state index contributed by atoms with van der Waals surface area (Å²) in [6.07, 6.45) is 8.00. The van der Waals surface area contributed by atoms with Crippen LogP contribution in [0.5, 0.6) is 0 Å². The molecule has 2 atom stereocenters. The van der Waals surface area contributed by atoms with E-state index < -0.39 is 0 Å². The van der Waals surface area contributed by atoms with Crippen molar-refractivity contribution in [2.45, 2.75) is 57.0 Å². The van der Waals surface area contributed by atoms with Gasteiger partial charge < -0.3 is 11.1 Å². The molecule has 0 aromatic heterocycles. The lowest BCUT2D eigenvalue weighted by Crippen LogP contribution is -2.46. The SMILES string of the molecule is N[C@H](C(=O)N[C@@H]1CCc2ccccc21)C1CCCCC1. The maximum absolute atomic E-state index is 12.4. The molecule has 1 saturated carbocycles. The smallest absolute Gasteiger partial charge is 0.237 e. The first-order valence-corrected chi connectivity index (χ1v) is 7.89. The van der Waals surface area contributed by atoms with Gasteiger partial charge >= 0.3 is 0 Å². The minimum absolute atomic E-state index is 0.0404. The van der Waals surface area contributed by atoms with Crippen molar-refractivity contribution in [3.05, 3.63) is 35.4 Å². The average Bonchev–Trinajstić information content (AvgIpc) is 2.91. The lowest BCUT2D eigenvalue weighted by Gasteiger charge is -2.27. The Labute approximate surface area is 120 Å². The third-order valence-corrected chi connectivity index (χ3v) is 4.91. The zero-order chi connectivity index (χ0) is 13.9. The standard InChI is InChI=1S/C17H24N2O/c18-16(13-7-2-1-3-8-13)17(20)19-15-11-10-12-6-4-5-9-14(12)15/h4-6,9,13,15-16H,1-3,7-8,10-11,18H2,(H,19,20)/t15-,16+/m1/s1. The number of hydrogen-bond acceptors (Lipinski definition) is 2.